The summed E-state index contributed by atoms with van der Waals surface area (Å²) < 4.78 is 0.674. The molecule has 1 rings (SSSR count). The van der Waals surface area contributed by atoms with Crippen LogP contribution >= 0.6 is 0 Å². The van der Waals surface area contributed by atoms with Crippen molar-refractivity contribution >= 4 is 16.9 Å². The zero-order valence-electron chi connectivity index (χ0n) is 5.07. The molecule has 0 spiro atoms. The third-order valence-electron chi connectivity index (χ3n) is 1.63. The van der Waals surface area contributed by atoms with E-state index in [9.17, 15) is 0 Å². The van der Waals surface area contributed by atoms with Gasteiger partial charge in [-0.3, -0.25) is 0 Å². The standard InChI is InChI=1S/C6H13As/c1-6(2,7)5-3-4-5/h5H,3-4,7H2,1-2H3. The molecule has 0 saturated heterocycles. The first-order valence-electron chi connectivity index (χ1n) is 2.89. The van der Waals surface area contributed by atoms with Crippen LogP contribution < -0.4 is 0 Å². The van der Waals surface area contributed by atoms with Crippen molar-refractivity contribution in [1.82, 2.24) is 0 Å². The summed E-state index contributed by atoms with van der Waals surface area (Å²) >= 11 is 1.90. The van der Waals surface area contributed by atoms with Crippen LogP contribution in [-0.4, -0.2) is 16.9 Å². The second-order valence-corrected chi connectivity index (χ2v) is 6.22. The zero-order valence-corrected chi connectivity index (χ0v) is 7.49. The molecule has 0 heterocycles. The van der Waals surface area contributed by atoms with Crippen LogP contribution in [0.3, 0.4) is 0 Å². The van der Waals surface area contributed by atoms with Crippen LogP contribution in [-0.2, 0) is 0 Å². The van der Waals surface area contributed by atoms with E-state index in [1.165, 1.54) is 12.8 Å². The summed E-state index contributed by atoms with van der Waals surface area (Å²) in [6.45, 7) is 4.70. The van der Waals surface area contributed by atoms with Crippen molar-refractivity contribution in [3.05, 3.63) is 0 Å². The topological polar surface area (TPSA) is 0 Å². The molecule has 0 N–H and O–H groups in total. The molecule has 7 heavy (non-hydrogen) atoms. The van der Waals surface area contributed by atoms with Crippen LogP contribution in [0.4, 0.5) is 0 Å². The van der Waals surface area contributed by atoms with Gasteiger partial charge in [-0.05, 0) is 0 Å². The molecule has 0 aromatic heterocycles. The van der Waals surface area contributed by atoms with Crippen LogP contribution in [0.25, 0.3) is 0 Å². The third-order valence-corrected chi connectivity index (χ3v) is 2.62. The van der Waals surface area contributed by atoms with Crippen molar-refractivity contribution in [1.29, 1.82) is 0 Å². The molecule has 1 fully saturated rings. The fourth-order valence-electron chi connectivity index (χ4n) is 0.827. The van der Waals surface area contributed by atoms with Crippen molar-refractivity contribution in [2.24, 2.45) is 5.92 Å². The summed E-state index contributed by atoms with van der Waals surface area (Å²) in [5, 5.41) is 0. The van der Waals surface area contributed by atoms with Gasteiger partial charge in [-0.15, -0.1) is 0 Å². The molecule has 0 aromatic carbocycles. The molecule has 1 aliphatic carbocycles. The Morgan fingerprint density at radius 2 is 1.86 bits per heavy atom. The Hall–Kier alpha value is 0.558. The first-order valence-corrected chi connectivity index (χ1v) is 4.11. The molecule has 1 heteroatoms. The second kappa shape index (κ2) is 1.52. The second-order valence-electron chi connectivity index (χ2n) is 3.10. The summed E-state index contributed by atoms with van der Waals surface area (Å²) in [4.78, 5) is 0. The van der Waals surface area contributed by atoms with Gasteiger partial charge in [-0.2, -0.15) is 0 Å². The molecule has 1 aliphatic rings. The average Bonchev–Trinajstić information content (AvgIpc) is 1.99. The van der Waals surface area contributed by atoms with Gasteiger partial charge >= 0.3 is 53.7 Å². The Labute approximate surface area is 54.2 Å². The molecule has 1 atom stereocenters. The van der Waals surface area contributed by atoms with E-state index in [4.69, 9.17) is 0 Å². The van der Waals surface area contributed by atoms with E-state index < -0.39 is 0 Å². The van der Waals surface area contributed by atoms with E-state index in [0.717, 1.165) is 5.92 Å². The van der Waals surface area contributed by atoms with Gasteiger partial charge in [0.1, 0.15) is 0 Å². The fourth-order valence-corrected chi connectivity index (χ4v) is 1.53. The molecular weight excluding hydrogens is 147 g/mol. The first kappa shape index (κ1) is 5.69. The summed E-state index contributed by atoms with van der Waals surface area (Å²) in [6, 6.07) is 0. The van der Waals surface area contributed by atoms with Gasteiger partial charge in [-0.25, -0.2) is 0 Å². The van der Waals surface area contributed by atoms with Crippen molar-refractivity contribution in [3.8, 4) is 0 Å². The van der Waals surface area contributed by atoms with E-state index in [-0.39, 0.29) is 0 Å². The minimum atomic E-state index is 0.674. The summed E-state index contributed by atoms with van der Waals surface area (Å²) in [7, 11) is 0. The van der Waals surface area contributed by atoms with E-state index in [0.29, 0.717) is 4.20 Å². The normalized spacial score (nSPS) is 22.7. The summed E-state index contributed by atoms with van der Waals surface area (Å²) in [5.74, 6) is 1.08. The molecular formula is C6H13As. The van der Waals surface area contributed by atoms with Gasteiger partial charge in [0.15, 0.2) is 0 Å². The summed E-state index contributed by atoms with van der Waals surface area (Å²) in [6.07, 6.45) is 2.98. The number of hydrogen-bond acceptors (Lipinski definition) is 0. The predicted octanol–water partition coefficient (Wildman–Crippen LogP) is 1.23. The van der Waals surface area contributed by atoms with Gasteiger partial charge in [0.2, 0.25) is 0 Å². The molecule has 0 aliphatic heterocycles. The van der Waals surface area contributed by atoms with Crippen molar-refractivity contribution in [2.45, 2.75) is 30.9 Å². The molecule has 0 radical (unpaired) electrons. The van der Waals surface area contributed by atoms with E-state index >= 15 is 0 Å². The number of hydrogen-bond donors (Lipinski definition) is 0. The van der Waals surface area contributed by atoms with Gasteiger partial charge in [0, 0.05) is 0 Å². The predicted molar refractivity (Wildman–Crippen MR) is 35.3 cm³/mol. The van der Waals surface area contributed by atoms with Crippen LogP contribution in [0, 0.1) is 5.92 Å². The molecule has 42 valence electrons. The maximum atomic E-state index is 2.35. The van der Waals surface area contributed by atoms with Crippen LogP contribution in [0.1, 0.15) is 26.7 Å². The molecule has 1 unspecified atom stereocenters. The van der Waals surface area contributed by atoms with E-state index in [1.807, 2.05) is 16.9 Å². The van der Waals surface area contributed by atoms with Crippen molar-refractivity contribution < 1.29 is 0 Å². The van der Waals surface area contributed by atoms with Gasteiger partial charge in [0.25, 0.3) is 0 Å². The first-order chi connectivity index (χ1) is 3.11. The maximum absolute atomic E-state index is 2.35. The Bertz CT molecular complexity index is 66.7. The molecule has 0 amide bonds. The Kier molecular flexibility index (Phi) is 1.23. The Balaban J connectivity index is 2.36. The van der Waals surface area contributed by atoms with Crippen molar-refractivity contribution in [3.63, 3.8) is 0 Å². The van der Waals surface area contributed by atoms with Gasteiger partial charge in [0.05, 0.1) is 0 Å². The minimum absolute atomic E-state index is 0.674. The number of rotatable bonds is 1. The zero-order chi connectivity index (χ0) is 5.49. The summed E-state index contributed by atoms with van der Waals surface area (Å²) in [5.41, 5.74) is 0. The monoisotopic (exact) mass is 160 g/mol. The Morgan fingerprint density at radius 3 is 1.86 bits per heavy atom. The fraction of sp³-hybridized carbons (Fsp3) is 1.00. The van der Waals surface area contributed by atoms with Crippen molar-refractivity contribution in [2.75, 3.05) is 0 Å². The van der Waals surface area contributed by atoms with Gasteiger partial charge in [-0.1, -0.05) is 0 Å². The van der Waals surface area contributed by atoms with E-state index in [1.54, 1.807) is 0 Å². The van der Waals surface area contributed by atoms with Crippen LogP contribution in [0.5, 0.6) is 0 Å². The quantitative estimate of drug-likeness (QED) is 0.506. The average molecular weight is 160 g/mol. The molecule has 0 aromatic rings. The van der Waals surface area contributed by atoms with Crippen LogP contribution in [0.2, 0.25) is 4.20 Å². The van der Waals surface area contributed by atoms with E-state index in [2.05, 4.69) is 13.8 Å². The SMILES string of the molecule is CC(C)([AsH2])C1CC1. The molecule has 0 bridgehead atoms. The van der Waals surface area contributed by atoms with Gasteiger partial charge < -0.3 is 0 Å². The third kappa shape index (κ3) is 1.49. The molecule has 0 nitrogen and oxygen atoms in total. The Morgan fingerprint density at radius 1 is 1.43 bits per heavy atom. The molecule has 1 saturated carbocycles. The van der Waals surface area contributed by atoms with Crippen LogP contribution in [0.15, 0.2) is 0 Å².